The third kappa shape index (κ3) is 4.75. The zero-order valence-electron chi connectivity index (χ0n) is 22.6. The van der Waals surface area contributed by atoms with Gasteiger partial charge in [0.1, 0.15) is 11.3 Å². The summed E-state index contributed by atoms with van der Waals surface area (Å²) in [7, 11) is 0. The van der Waals surface area contributed by atoms with Crippen LogP contribution in [0.2, 0.25) is 0 Å². The predicted octanol–water partition coefficient (Wildman–Crippen LogP) is 6.66. The monoisotopic (exact) mass is 541 g/mol. The van der Waals surface area contributed by atoms with Crippen LogP contribution in [-0.2, 0) is 10.4 Å². The van der Waals surface area contributed by atoms with Gasteiger partial charge in [-0.2, -0.15) is 0 Å². The maximum absolute atomic E-state index is 13.1. The number of hydrogen-bond donors (Lipinski definition) is 3. The Labute approximate surface area is 231 Å². The zero-order chi connectivity index (χ0) is 28.7. The van der Waals surface area contributed by atoms with Crippen LogP contribution in [0.25, 0.3) is 33.4 Å². The molecule has 1 fully saturated rings. The van der Waals surface area contributed by atoms with E-state index in [-0.39, 0.29) is 0 Å². The Hall–Kier alpha value is -4.79. The van der Waals surface area contributed by atoms with Crippen molar-refractivity contribution in [3.63, 3.8) is 0 Å². The van der Waals surface area contributed by atoms with Gasteiger partial charge >= 0.3 is 12.2 Å². The Bertz CT molecular complexity index is 1580. The van der Waals surface area contributed by atoms with Crippen LogP contribution in [0, 0.1) is 0 Å². The number of nitrogens with two attached hydrogens (primary N) is 1. The molecule has 5 rings (SSSR count). The minimum absolute atomic E-state index is 0.362. The lowest BCUT2D eigenvalue weighted by Crippen LogP contribution is -2.61. The summed E-state index contributed by atoms with van der Waals surface area (Å²) in [5.41, 5.74) is 10.5. The van der Waals surface area contributed by atoms with E-state index >= 15 is 0 Å². The van der Waals surface area contributed by atoms with E-state index in [4.69, 9.17) is 20.1 Å². The van der Waals surface area contributed by atoms with Crippen molar-refractivity contribution in [2.24, 2.45) is 5.73 Å². The number of nitrogens with zero attached hydrogens (tertiary/aromatic N) is 1. The molecule has 1 aromatic heterocycles. The first-order chi connectivity index (χ1) is 19.0. The smallest absolute Gasteiger partial charge is 0.438 e. The summed E-state index contributed by atoms with van der Waals surface area (Å²) >= 11 is 0. The van der Waals surface area contributed by atoms with Gasteiger partial charge in [0.15, 0.2) is 0 Å². The quantitative estimate of drug-likeness (QED) is 0.242. The van der Waals surface area contributed by atoms with E-state index in [1.165, 1.54) is 0 Å². The van der Waals surface area contributed by atoms with Crippen LogP contribution in [0.4, 0.5) is 9.59 Å². The van der Waals surface area contributed by atoms with Crippen LogP contribution in [0.3, 0.4) is 0 Å². The lowest BCUT2D eigenvalue weighted by atomic mass is 9.69. The number of rotatable bonds is 5. The highest BCUT2D eigenvalue weighted by Gasteiger charge is 2.51. The molecule has 9 nitrogen and oxygen atoms in total. The lowest BCUT2D eigenvalue weighted by molar-refractivity contribution is -0.0548. The Morgan fingerprint density at radius 3 is 2.20 bits per heavy atom. The molecule has 3 aromatic carbocycles. The molecular weight excluding hydrogens is 510 g/mol. The molecule has 4 aromatic rings. The molecule has 0 unspecified atom stereocenters. The summed E-state index contributed by atoms with van der Waals surface area (Å²) in [5.74, 6) is 0.117. The second kappa shape index (κ2) is 10.1. The average Bonchev–Trinajstić information content (AvgIpc) is 3.28. The minimum atomic E-state index is -1.45. The molecule has 9 heteroatoms. The van der Waals surface area contributed by atoms with Crippen LogP contribution < -0.4 is 11.2 Å². The number of benzene rings is 3. The Kier molecular flexibility index (Phi) is 6.75. The number of primary amides is 1. The van der Waals surface area contributed by atoms with Crippen molar-refractivity contribution in [1.29, 1.82) is 0 Å². The molecule has 1 aliphatic carbocycles. The second-order valence-electron chi connectivity index (χ2n) is 11.0. The molecule has 0 spiro atoms. The van der Waals surface area contributed by atoms with Gasteiger partial charge in [0.25, 0.3) is 0 Å². The van der Waals surface area contributed by atoms with E-state index in [1.54, 1.807) is 22.5 Å². The number of carboxylic acid groups (broad SMARTS) is 1. The number of amides is 3. The van der Waals surface area contributed by atoms with Crippen molar-refractivity contribution in [2.75, 3.05) is 0 Å². The first-order valence-corrected chi connectivity index (χ1v) is 13.0. The van der Waals surface area contributed by atoms with Gasteiger partial charge in [0, 0.05) is 27.6 Å². The molecular formula is C31H31N3O6. The molecule has 1 saturated carbocycles. The number of hydrogen-bond acceptors (Lipinski definition) is 5. The number of fused-ring (bicyclic) bond motifs is 1. The van der Waals surface area contributed by atoms with E-state index < -0.39 is 29.2 Å². The number of furan rings is 1. The van der Waals surface area contributed by atoms with Gasteiger partial charge in [-0.3, -0.25) is 9.69 Å². The molecule has 0 atom stereocenters. The zero-order valence-corrected chi connectivity index (χ0v) is 22.6. The maximum atomic E-state index is 13.1. The van der Waals surface area contributed by atoms with Gasteiger partial charge in [-0.1, -0.05) is 54.6 Å². The third-order valence-corrected chi connectivity index (χ3v) is 7.41. The second-order valence-corrected chi connectivity index (χ2v) is 11.0. The van der Waals surface area contributed by atoms with Gasteiger partial charge < -0.3 is 20.1 Å². The van der Waals surface area contributed by atoms with E-state index in [0.29, 0.717) is 29.7 Å². The fourth-order valence-corrected chi connectivity index (χ4v) is 5.65. The van der Waals surface area contributed by atoms with Crippen molar-refractivity contribution >= 4 is 29.1 Å². The summed E-state index contributed by atoms with van der Waals surface area (Å²) in [6.45, 7) is 5.68. The maximum Gasteiger partial charge on any atom is 0.438 e. The van der Waals surface area contributed by atoms with Crippen LogP contribution in [-0.4, -0.2) is 33.6 Å². The predicted molar refractivity (Wildman–Crippen MR) is 150 cm³/mol. The fraction of sp³-hybridized carbons (Fsp3) is 0.258. The Morgan fingerprint density at radius 1 is 0.975 bits per heavy atom. The molecule has 206 valence electrons. The number of hydroxylamine groups is 1. The number of carbonyl (C=O) groups excluding carboxylic acids is 2. The molecule has 1 aliphatic rings. The molecule has 0 saturated heterocycles. The highest BCUT2D eigenvalue weighted by Crippen LogP contribution is 2.50. The summed E-state index contributed by atoms with van der Waals surface area (Å²) < 4.78 is 6.33. The summed E-state index contributed by atoms with van der Waals surface area (Å²) in [6, 6.07) is 22.9. The van der Waals surface area contributed by atoms with Gasteiger partial charge in [-0.05, 0) is 69.4 Å². The van der Waals surface area contributed by atoms with E-state index in [1.807, 2.05) is 81.4 Å². The topological polar surface area (TPSA) is 135 Å². The van der Waals surface area contributed by atoms with E-state index in [0.717, 1.165) is 34.1 Å². The fourth-order valence-electron chi connectivity index (χ4n) is 5.65. The van der Waals surface area contributed by atoms with Crippen molar-refractivity contribution in [3.8, 4) is 22.5 Å². The SMILES string of the molecule is CC(C)(C)N(C(=O)ONC(=O)O)C1(c2ccc(-c3oc4cc(C(N)=O)ccc4c3-c3ccccc3)cc2)CCC1. The van der Waals surface area contributed by atoms with Crippen molar-refractivity contribution in [1.82, 2.24) is 10.4 Å². The normalized spacial score (nSPS) is 14.3. The van der Waals surface area contributed by atoms with Crippen molar-refractivity contribution in [2.45, 2.75) is 51.1 Å². The largest absolute Gasteiger partial charge is 0.463 e. The van der Waals surface area contributed by atoms with E-state index in [2.05, 4.69) is 0 Å². The highest BCUT2D eigenvalue weighted by molar-refractivity contribution is 6.04. The van der Waals surface area contributed by atoms with Crippen LogP contribution in [0.5, 0.6) is 0 Å². The van der Waals surface area contributed by atoms with Gasteiger partial charge in [0.05, 0.1) is 5.54 Å². The first-order valence-electron chi connectivity index (χ1n) is 13.0. The van der Waals surface area contributed by atoms with Crippen LogP contribution >= 0.6 is 0 Å². The van der Waals surface area contributed by atoms with Gasteiger partial charge in [0.2, 0.25) is 5.91 Å². The lowest BCUT2D eigenvalue weighted by Gasteiger charge is -2.54. The highest BCUT2D eigenvalue weighted by atomic mass is 16.7. The molecule has 3 amide bonds. The molecule has 0 radical (unpaired) electrons. The van der Waals surface area contributed by atoms with Gasteiger partial charge in [-0.25, -0.2) is 9.59 Å². The summed E-state index contributed by atoms with van der Waals surface area (Å²) in [4.78, 5) is 42.4. The average molecular weight is 542 g/mol. The molecule has 0 aliphatic heterocycles. The summed E-state index contributed by atoms with van der Waals surface area (Å²) in [6.07, 6.45) is 0.131. The Balaban J connectivity index is 1.58. The third-order valence-electron chi connectivity index (χ3n) is 7.41. The molecule has 0 bridgehead atoms. The number of nitrogens with one attached hydrogen (secondary N) is 1. The molecule has 1 heterocycles. The van der Waals surface area contributed by atoms with Crippen LogP contribution in [0.15, 0.2) is 77.2 Å². The van der Waals surface area contributed by atoms with Gasteiger partial charge in [-0.15, -0.1) is 5.48 Å². The van der Waals surface area contributed by atoms with E-state index in [9.17, 15) is 14.4 Å². The van der Waals surface area contributed by atoms with Crippen molar-refractivity contribution < 1.29 is 28.7 Å². The first kappa shape index (κ1) is 26.8. The van der Waals surface area contributed by atoms with Crippen LogP contribution in [0.1, 0.15) is 56.0 Å². The Morgan fingerprint density at radius 2 is 1.65 bits per heavy atom. The number of carbonyl (C=O) groups is 3. The molecule has 4 N–H and O–H groups in total. The molecule has 40 heavy (non-hydrogen) atoms. The minimum Gasteiger partial charge on any atom is -0.463 e. The van der Waals surface area contributed by atoms with Crippen molar-refractivity contribution in [3.05, 3.63) is 83.9 Å². The summed E-state index contributed by atoms with van der Waals surface area (Å²) in [5, 5.41) is 9.80. The standard InChI is InChI=1S/C31H31N3O6/c1-30(2,3)34(29(38)40-33-28(36)37)31(16-7-17-31)22-13-10-20(11-14-22)26-25(19-8-5-4-6-9-19)23-15-12-21(27(32)35)18-24(23)39-26/h4-6,8-15,18,33H,7,16-17H2,1-3H3,(H2,32,35)(H,36,37).